The van der Waals surface area contributed by atoms with Crippen LogP contribution in [-0.2, 0) is 0 Å². The molecule has 1 rings (SSSR count). The number of alkyl halides is 1. The lowest BCUT2D eigenvalue weighted by atomic mass is 10.1. The fourth-order valence-electron chi connectivity index (χ4n) is 1.93. The van der Waals surface area contributed by atoms with Crippen LogP contribution < -0.4 is 0 Å². The lowest BCUT2D eigenvalue weighted by Crippen LogP contribution is -2.32. The van der Waals surface area contributed by atoms with Crippen LogP contribution in [0.25, 0.3) is 0 Å². The minimum atomic E-state index is -0.438. The van der Waals surface area contributed by atoms with E-state index in [0.29, 0.717) is 30.8 Å². The molecule has 1 aromatic carbocycles. The van der Waals surface area contributed by atoms with Crippen molar-refractivity contribution in [1.29, 1.82) is 0 Å². The van der Waals surface area contributed by atoms with Crippen LogP contribution in [0.15, 0.2) is 18.2 Å². The largest absolute Gasteiger partial charge is 0.395 e. The van der Waals surface area contributed by atoms with Gasteiger partial charge in [-0.2, -0.15) is 0 Å². The van der Waals surface area contributed by atoms with E-state index in [1.54, 1.807) is 19.1 Å². The Morgan fingerprint density at radius 1 is 1.35 bits per heavy atom. The average molecular weight is 303 g/mol. The quantitative estimate of drug-likeness (QED) is 0.431. The van der Waals surface area contributed by atoms with Crippen LogP contribution >= 0.6 is 11.6 Å². The summed E-state index contributed by atoms with van der Waals surface area (Å²) in [5.41, 5.74) is 1.29. The van der Waals surface area contributed by atoms with E-state index in [9.17, 15) is 10.1 Å². The summed E-state index contributed by atoms with van der Waals surface area (Å²) in [4.78, 5) is 12.3. The molecular weight excluding hydrogens is 284 g/mol. The van der Waals surface area contributed by atoms with Gasteiger partial charge in [-0.05, 0) is 12.5 Å². The van der Waals surface area contributed by atoms with Gasteiger partial charge >= 0.3 is 0 Å². The van der Waals surface area contributed by atoms with Crippen LogP contribution in [-0.4, -0.2) is 52.9 Å². The maximum absolute atomic E-state index is 10.9. The van der Waals surface area contributed by atoms with Crippen LogP contribution in [0.1, 0.15) is 16.5 Å². The zero-order chi connectivity index (χ0) is 15.1. The van der Waals surface area contributed by atoms with E-state index in [1.165, 1.54) is 6.07 Å². The zero-order valence-corrected chi connectivity index (χ0v) is 12.1. The molecule has 0 fully saturated rings. The summed E-state index contributed by atoms with van der Waals surface area (Å²) in [6.07, 6.45) is 0. The summed E-state index contributed by atoms with van der Waals surface area (Å²) >= 11 is 6.27. The molecular formula is C13H19ClN2O4. The molecule has 1 atom stereocenters. The molecule has 2 N–H and O–H groups in total. The summed E-state index contributed by atoms with van der Waals surface area (Å²) < 4.78 is 0. The van der Waals surface area contributed by atoms with Crippen molar-refractivity contribution in [3.63, 3.8) is 0 Å². The molecule has 0 aromatic heterocycles. The van der Waals surface area contributed by atoms with Gasteiger partial charge in [0.25, 0.3) is 5.69 Å². The molecule has 0 heterocycles. The first kappa shape index (κ1) is 16.8. The minimum absolute atomic E-state index is 0.0301. The summed E-state index contributed by atoms with van der Waals surface area (Å²) in [7, 11) is 0. The Bertz CT molecular complexity index is 450. The molecule has 0 aliphatic heterocycles. The fourth-order valence-corrected chi connectivity index (χ4v) is 2.26. The van der Waals surface area contributed by atoms with Gasteiger partial charge in [-0.25, -0.2) is 0 Å². The number of aliphatic hydroxyl groups is 2. The fraction of sp³-hybridized carbons (Fsp3) is 0.538. The highest BCUT2D eigenvalue weighted by molar-refractivity contribution is 6.21. The third-order valence-corrected chi connectivity index (χ3v) is 3.43. The molecule has 0 amide bonds. The summed E-state index contributed by atoms with van der Waals surface area (Å²) in [6, 6.07) is 4.91. The Hall–Kier alpha value is -1.21. The van der Waals surface area contributed by atoms with Crippen molar-refractivity contribution in [1.82, 2.24) is 4.90 Å². The number of nitrogens with zero attached hydrogens (tertiary/aromatic N) is 2. The van der Waals surface area contributed by atoms with Crippen molar-refractivity contribution in [3.05, 3.63) is 39.4 Å². The summed E-state index contributed by atoms with van der Waals surface area (Å²) in [5, 5.41) is 28.4. The number of aliphatic hydroxyl groups excluding tert-OH is 2. The van der Waals surface area contributed by atoms with E-state index in [4.69, 9.17) is 21.8 Å². The Morgan fingerprint density at radius 2 is 1.95 bits per heavy atom. The van der Waals surface area contributed by atoms with Crippen LogP contribution in [0.5, 0.6) is 0 Å². The van der Waals surface area contributed by atoms with Crippen molar-refractivity contribution in [2.75, 3.05) is 32.8 Å². The molecule has 0 aliphatic rings. The molecule has 112 valence electrons. The molecule has 0 spiro atoms. The van der Waals surface area contributed by atoms with Gasteiger partial charge in [-0.3, -0.25) is 15.0 Å². The summed E-state index contributed by atoms with van der Waals surface area (Å²) in [5.74, 6) is 0. The van der Waals surface area contributed by atoms with Crippen LogP contribution in [0, 0.1) is 17.0 Å². The average Bonchev–Trinajstić information content (AvgIpc) is 2.39. The van der Waals surface area contributed by atoms with E-state index in [0.717, 1.165) is 0 Å². The lowest BCUT2D eigenvalue weighted by molar-refractivity contribution is -0.385. The summed E-state index contributed by atoms with van der Waals surface area (Å²) in [6.45, 7) is 2.82. The number of hydrogen-bond acceptors (Lipinski definition) is 5. The third kappa shape index (κ3) is 4.72. The zero-order valence-electron chi connectivity index (χ0n) is 11.3. The predicted octanol–water partition coefficient (Wildman–Crippen LogP) is 1.47. The molecule has 0 aliphatic carbocycles. The molecule has 0 bridgehead atoms. The second kappa shape index (κ2) is 8.16. The number of benzene rings is 1. The number of halogens is 1. The van der Waals surface area contributed by atoms with Gasteiger partial charge in [0, 0.05) is 31.3 Å². The monoisotopic (exact) mass is 302 g/mol. The second-order valence-electron chi connectivity index (χ2n) is 4.52. The van der Waals surface area contributed by atoms with Crippen molar-refractivity contribution < 1.29 is 15.1 Å². The van der Waals surface area contributed by atoms with E-state index in [2.05, 4.69) is 0 Å². The van der Waals surface area contributed by atoms with Crippen molar-refractivity contribution in [2.24, 2.45) is 0 Å². The first-order chi connectivity index (χ1) is 9.49. The van der Waals surface area contributed by atoms with Crippen LogP contribution in [0.3, 0.4) is 0 Å². The molecule has 1 unspecified atom stereocenters. The second-order valence-corrected chi connectivity index (χ2v) is 5.05. The van der Waals surface area contributed by atoms with E-state index in [-0.39, 0.29) is 18.9 Å². The molecule has 20 heavy (non-hydrogen) atoms. The maximum atomic E-state index is 10.9. The molecule has 6 nitrogen and oxygen atoms in total. The Kier molecular flexibility index (Phi) is 6.87. The van der Waals surface area contributed by atoms with Crippen molar-refractivity contribution in [3.8, 4) is 0 Å². The number of nitro benzene ring substituents is 1. The lowest BCUT2D eigenvalue weighted by Gasteiger charge is -2.23. The predicted molar refractivity (Wildman–Crippen MR) is 77.0 cm³/mol. The van der Waals surface area contributed by atoms with Crippen LogP contribution in [0.2, 0.25) is 0 Å². The molecule has 0 radical (unpaired) electrons. The van der Waals surface area contributed by atoms with Gasteiger partial charge in [-0.15, -0.1) is 11.6 Å². The SMILES string of the molecule is Cc1ccc(C(Cl)CN(CCO)CCO)cc1[N+](=O)[O-]. The van der Waals surface area contributed by atoms with Gasteiger partial charge in [-0.1, -0.05) is 12.1 Å². The Balaban J connectivity index is 2.83. The van der Waals surface area contributed by atoms with E-state index < -0.39 is 10.3 Å². The van der Waals surface area contributed by atoms with E-state index in [1.807, 2.05) is 4.90 Å². The normalized spacial score (nSPS) is 12.7. The van der Waals surface area contributed by atoms with Gasteiger partial charge < -0.3 is 10.2 Å². The van der Waals surface area contributed by atoms with E-state index >= 15 is 0 Å². The smallest absolute Gasteiger partial charge is 0.272 e. The minimum Gasteiger partial charge on any atom is -0.395 e. The first-order valence-corrected chi connectivity index (χ1v) is 6.76. The Morgan fingerprint density at radius 3 is 2.45 bits per heavy atom. The number of rotatable bonds is 8. The van der Waals surface area contributed by atoms with Crippen molar-refractivity contribution in [2.45, 2.75) is 12.3 Å². The van der Waals surface area contributed by atoms with Crippen molar-refractivity contribution >= 4 is 17.3 Å². The standard InChI is InChI=1S/C13H19ClN2O4/c1-10-2-3-11(8-13(10)16(19)20)12(14)9-15(4-6-17)5-7-18/h2-3,8,12,17-18H,4-7,9H2,1H3. The highest BCUT2D eigenvalue weighted by atomic mass is 35.5. The highest BCUT2D eigenvalue weighted by Crippen LogP contribution is 2.27. The number of hydrogen-bond donors (Lipinski definition) is 2. The topological polar surface area (TPSA) is 86.8 Å². The van der Waals surface area contributed by atoms with Gasteiger partial charge in [0.05, 0.1) is 23.5 Å². The van der Waals surface area contributed by atoms with Gasteiger partial charge in [0.1, 0.15) is 0 Å². The molecule has 7 heteroatoms. The molecule has 0 saturated carbocycles. The molecule has 0 saturated heterocycles. The van der Waals surface area contributed by atoms with Crippen LogP contribution in [0.4, 0.5) is 5.69 Å². The number of nitro groups is 1. The van der Waals surface area contributed by atoms with Gasteiger partial charge in [0.2, 0.25) is 0 Å². The number of aryl methyl sites for hydroxylation is 1. The third-order valence-electron chi connectivity index (χ3n) is 3.04. The first-order valence-electron chi connectivity index (χ1n) is 6.32. The van der Waals surface area contributed by atoms with Gasteiger partial charge in [0.15, 0.2) is 0 Å². The Labute approximate surface area is 122 Å². The molecule has 1 aromatic rings. The maximum Gasteiger partial charge on any atom is 0.272 e. The highest BCUT2D eigenvalue weighted by Gasteiger charge is 2.17.